The van der Waals surface area contributed by atoms with Crippen molar-refractivity contribution in [3.63, 3.8) is 0 Å². The summed E-state index contributed by atoms with van der Waals surface area (Å²) < 4.78 is 11.3. The Morgan fingerprint density at radius 3 is 2.07 bits per heavy atom. The zero-order valence-corrected chi connectivity index (χ0v) is 15.9. The van der Waals surface area contributed by atoms with Crippen LogP contribution in [0.25, 0.3) is 0 Å². The van der Waals surface area contributed by atoms with Crippen LogP contribution in [-0.2, 0) is 19.1 Å². The molecule has 2 aromatic rings. The van der Waals surface area contributed by atoms with Gasteiger partial charge in [0.25, 0.3) is 5.91 Å². The van der Waals surface area contributed by atoms with Gasteiger partial charge in [-0.1, -0.05) is 36.4 Å². The van der Waals surface area contributed by atoms with Crippen LogP contribution in [0, 0.1) is 5.92 Å². The Morgan fingerprint density at radius 1 is 0.966 bits per heavy atom. The molecule has 0 aliphatic carbocycles. The van der Waals surface area contributed by atoms with Crippen LogP contribution in [0.4, 0.5) is 0 Å². The summed E-state index contributed by atoms with van der Waals surface area (Å²) in [5.41, 5.74) is 6.75. The molecule has 1 saturated heterocycles. The number of carbonyl (C=O) groups excluding carboxylic acids is 3. The van der Waals surface area contributed by atoms with E-state index < -0.39 is 11.9 Å². The molecule has 0 spiro atoms. The van der Waals surface area contributed by atoms with E-state index in [4.69, 9.17) is 15.2 Å². The fourth-order valence-corrected chi connectivity index (χ4v) is 3.88. The first-order chi connectivity index (χ1) is 14.0. The molecule has 2 heterocycles. The van der Waals surface area contributed by atoms with E-state index in [9.17, 15) is 14.4 Å². The molecule has 0 radical (unpaired) electrons. The van der Waals surface area contributed by atoms with Gasteiger partial charge < -0.3 is 20.1 Å². The molecule has 2 aliphatic heterocycles. The third kappa shape index (κ3) is 3.81. The van der Waals surface area contributed by atoms with E-state index in [2.05, 4.69) is 0 Å². The number of amides is 2. The van der Waals surface area contributed by atoms with Crippen LogP contribution < -0.4 is 10.5 Å². The number of rotatable bonds is 4. The summed E-state index contributed by atoms with van der Waals surface area (Å²) in [6.45, 7) is 0.543. The molecule has 0 unspecified atom stereocenters. The molecule has 150 valence electrons. The van der Waals surface area contributed by atoms with Crippen molar-refractivity contribution in [2.45, 2.75) is 18.8 Å². The molecule has 2 aromatic carbocycles. The fourth-order valence-electron chi connectivity index (χ4n) is 3.88. The normalized spacial score (nSPS) is 16.3. The van der Waals surface area contributed by atoms with Gasteiger partial charge in [-0.2, -0.15) is 0 Å². The highest BCUT2D eigenvalue weighted by molar-refractivity contribution is 5.88. The van der Waals surface area contributed by atoms with Crippen molar-refractivity contribution in [2.75, 3.05) is 19.7 Å². The zero-order valence-electron chi connectivity index (χ0n) is 15.9. The third-order valence-corrected chi connectivity index (χ3v) is 5.50. The second kappa shape index (κ2) is 7.95. The van der Waals surface area contributed by atoms with Crippen molar-refractivity contribution in [3.8, 4) is 11.5 Å². The monoisotopic (exact) mass is 394 g/mol. The van der Waals surface area contributed by atoms with E-state index in [1.807, 2.05) is 36.4 Å². The third-order valence-electron chi connectivity index (χ3n) is 5.50. The van der Waals surface area contributed by atoms with Gasteiger partial charge in [0, 0.05) is 30.1 Å². The Bertz CT molecular complexity index is 904. The van der Waals surface area contributed by atoms with Crippen LogP contribution in [0.15, 0.2) is 48.5 Å². The Labute approximate surface area is 168 Å². The van der Waals surface area contributed by atoms with Gasteiger partial charge in [-0.15, -0.1) is 0 Å². The topological polar surface area (TPSA) is 98.9 Å². The van der Waals surface area contributed by atoms with E-state index >= 15 is 0 Å². The van der Waals surface area contributed by atoms with E-state index in [-0.39, 0.29) is 24.3 Å². The molecule has 2 aliphatic rings. The lowest BCUT2D eigenvalue weighted by Gasteiger charge is -2.31. The molecular formula is C22H22N2O5. The van der Waals surface area contributed by atoms with Crippen LogP contribution in [0.2, 0.25) is 0 Å². The van der Waals surface area contributed by atoms with Crippen molar-refractivity contribution in [3.05, 3.63) is 59.7 Å². The van der Waals surface area contributed by atoms with E-state index in [0.717, 1.165) is 0 Å². The number of hydrogen-bond acceptors (Lipinski definition) is 5. The number of hydrogen-bond donors (Lipinski definition) is 1. The predicted octanol–water partition coefficient (Wildman–Crippen LogP) is 2.19. The molecule has 2 N–H and O–H groups in total. The van der Waals surface area contributed by atoms with Gasteiger partial charge in [0.15, 0.2) is 6.61 Å². The average Bonchev–Trinajstić information content (AvgIpc) is 2.75. The number of piperidine rings is 1. The van der Waals surface area contributed by atoms with E-state index in [0.29, 0.717) is 48.6 Å². The quantitative estimate of drug-likeness (QED) is 0.802. The molecule has 2 amide bonds. The van der Waals surface area contributed by atoms with Gasteiger partial charge >= 0.3 is 5.97 Å². The molecule has 7 heteroatoms. The van der Waals surface area contributed by atoms with E-state index in [1.54, 1.807) is 17.0 Å². The first kappa shape index (κ1) is 19.0. The van der Waals surface area contributed by atoms with Gasteiger partial charge in [-0.05, 0) is 25.0 Å². The molecule has 7 nitrogen and oxygen atoms in total. The lowest BCUT2D eigenvalue weighted by molar-refractivity contribution is -0.153. The maximum Gasteiger partial charge on any atom is 0.318 e. The Balaban J connectivity index is 1.44. The molecule has 0 saturated carbocycles. The highest BCUT2D eigenvalue weighted by Gasteiger charge is 2.34. The molecule has 1 fully saturated rings. The number of para-hydroxylation sites is 2. The minimum atomic E-state index is -0.649. The van der Waals surface area contributed by atoms with Gasteiger partial charge in [0.1, 0.15) is 17.4 Å². The van der Waals surface area contributed by atoms with Crippen LogP contribution in [0.3, 0.4) is 0 Å². The molecule has 4 rings (SSSR count). The SMILES string of the molecule is NC(=O)C1CCN(C(=O)COC(=O)C2c3ccccc3Oc3ccccc32)CC1. The van der Waals surface area contributed by atoms with Gasteiger partial charge in [0.05, 0.1) is 0 Å². The van der Waals surface area contributed by atoms with Crippen molar-refractivity contribution >= 4 is 17.8 Å². The number of ether oxygens (including phenoxy) is 2. The maximum atomic E-state index is 12.9. The summed E-state index contributed by atoms with van der Waals surface area (Å²) in [4.78, 5) is 38.3. The number of fused-ring (bicyclic) bond motifs is 2. The first-order valence-electron chi connectivity index (χ1n) is 9.64. The Morgan fingerprint density at radius 2 is 1.52 bits per heavy atom. The van der Waals surface area contributed by atoms with Crippen molar-refractivity contribution < 1.29 is 23.9 Å². The van der Waals surface area contributed by atoms with Crippen LogP contribution in [-0.4, -0.2) is 42.4 Å². The Hall–Kier alpha value is -3.35. The number of esters is 1. The standard InChI is InChI=1S/C22H22N2O5/c23-21(26)14-9-11-24(12-10-14)19(25)13-28-22(27)20-15-5-1-3-7-17(15)29-18-8-4-2-6-16(18)20/h1-8,14,20H,9-13H2,(H2,23,26). The highest BCUT2D eigenvalue weighted by Crippen LogP contribution is 2.44. The lowest BCUT2D eigenvalue weighted by atomic mass is 9.88. The number of benzene rings is 2. The predicted molar refractivity (Wildman–Crippen MR) is 104 cm³/mol. The van der Waals surface area contributed by atoms with Gasteiger partial charge in [-0.3, -0.25) is 14.4 Å². The minimum absolute atomic E-state index is 0.197. The van der Waals surface area contributed by atoms with Crippen LogP contribution in [0.5, 0.6) is 11.5 Å². The number of carbonyl (C=O) groups is 3. The number of likely N-dealkylation sites (tertiary alicyclic amines) is 1. The Kier molecular flexibility index (Phi) is 5.20. The summed E-state index contributed by atoms with van der Waals surface area (Å²) in [7, 11) is 0. The minimum Gasteiger partial charge on any atom is -0.457 e. The largest absolute Gasteiger partial charge is 0.457 e. The zero-order chi connectivity index (χ0) is 20.4. The van der Waals surface area contributed by atoms with Gasteiger partial charge in [0.2, 0.25) is 5.91 Å². The van der Waals surface area contributed by atoms with E-state index in [1.165, 1.54) is 0 Å². The highest BCUT2D eigenvalue weighted by atomic mass is 16.5. The second-order valence-electron chi connectivity index (χ2n) is 7.28. The molecule has 0 atom stereocenters. The summed E-state index contributed by atoms with van der Waals surface area (Å²) >= 11 is 0. The molecular weight excluding hydrogens is 372 g/mol. The summed E-state index contributed by atoms with van der Waals surface area (Å²) in [6, 6.07) is 14.6. The van der Waals surface area contributed by atoms with Crippen molar-refractivity contribution in [1.82, 2.24) is 4.90 Å². The molecule has 0 aromatic heterocycles. The van der Waals surface area contributed by atoms with Gasteiger partial charge in [-0.25, -0.2) is 0 Å². The second-order valence-corrected chi connectivity index (χ2v) is 7.28. The number of primary amides is 1. The van der Waals surface area contributed by atoms with Crippen molar-refractivity contribution in [2.24, 2.45) is 11.7 Å². The smallest absolute Gasteiger partial charge is 0.318 e. The number of nitrogens with two attached hydrogens (primary N) is 1. The molecule has 29 heavy (non-hydrogen) atoms. The summed E-state index contributed by atoms with van der Waals surface area (Å²) in [6.07, 6.45) is 1.07. The lowest BCUT2D eigenvalue weighted by Crippen LogP contribution is -2.43. The molecule has 0 bridgehead atoms. The maximum absolute atomic E-state index is 12.9. The summed E-state index contributed by atoms with van der Waals surface area (Å²) in [5.74, 6) is -0.730. The first-order valence-corrected chi connectivity index (χ1v) is 9.64. The van der Waals surface area contributed by atoms with Crippen molar-refractivity contribution in [1.29, 1.82) is 0 Å². The fraction of sp³-hybridized carbons (Fsp3) is 0.318. The van der Waals surface area contributed by atoms with Crippen LogP contribution >= 0.6 is 0 Å². The summed E-state index contributed by atoms with van der Waals surface area (Å²) in [5, 5.41) is 0. The average molecular weight is 394 g/mol. The number of nitrogens with zero attached hydrogens (tertiary/aromatic N) is 1. The van der Waals surface area contributed by atoms with Crippen LogP contribution in [0.1, 0.15) is 29.9 Å².